The normalized spacial score (nSPS) is 14.8. The Morgan fingerprint density at radius 1 is 0.975 bits per heavy atom. The van der Waals surface area contributed by atoms with Gasteiger partial charge in [0.15, 0.2) is 0 Å². The zero-order valence-corrected chi connectivity index (χ0v) is 24.2. The van der Waals surface area contributed by atoms with Gasteiger partial charge in [-0.1, -0.05) is 47.5 Å². The molecule has 4 rings (SSSR count). The van der Waals surface area contributed by atoms with Crippen LogP contribution in [0.25, 0.3) is 0 Å². The molecule has 0 aliphatic carbocycles. The van der Waals surface area contributed by atoms with Crippen molar-refractivity contribution in [2.45, 2.75) is 19.0 Å². The third-order valence-corrected chi connectivity index (χ3v) is 8.56. The second kappa shape index (κ2) is 12.6. The molecule has 0 radical (unpaired) electrons. The van der Waals surface area contributed by atoms with Gasteiger partial charge in [-0.2, -0.15) is 0 Å². The molecule has 1 unspecified atom stereocenters. The maximum Gasteiger partial charge on any atom is 0.252 e. The number of likely N-dealkylation sites (tertiary alicyclic amines) is 1. The number of rotatable bonds is 10. The molecule has 40 heavy (non-hydrogen) atoms. The lowest BCUT2D eigenvalue weighted by molar-refractivity contribution is -0.122. The quantitative estimate of drug-likeness (QED) is 0.316. The highest BCUT2D eigenvalue weighted by molar-refractivity contribution is 7.92. The van der Waals surface area contributed by atoms with Crippen molar-refractivity contribution in [2.24, 2.45) is 5.92 Å². The highest BCUT2D eigenvalue weighted by Gasteiger charge is 2.36. The van der Waals surface area contributed by atoms with Crippen LogP contribution in [-0.4, -0.2) is 57.1 Å². The molecule has 12 heteroatoms. The first-order valence-corrected chi connectivity index (χ1v) is 14.9. The molecule has 0 aromatic heterocycles. The maximum atomic E-state index is 14.3. The minimum Gasteiger partial charge on any atom is -0.357 e. The lowest BCUT2D eigenvalue weighted by Gasteiger charge is -2.44. The number of hydrogen-bond acceptors (Lipinski definition) is 5. The molecule has 8 nitrogen and oxygen atoms in total. The van der Waals surface area contributed by atoms with Crippen LogP contribution in [-0.2, 0) is 14.8 Å². The lowest BCUT2D eigenvalue weighted by Crippen LogP contribution is -2.51. The van der Waals surface area contributed by atoms with Crippen LogP contribution in [0.1, 0.15) is 34.5 Å². The number of amides is 2. The monoisotopic (exact) mass is 606 g/mol. The summed E-state index contributed by atoms with van der Waals surface area (Å²) < 4.78 is 42.6. The van der Waals surface area contributed by atoms with E-state index in [1.807, 2.05) is 48.5 Å². The molecule has 0 bridgehead atoms. The Balaban J connectivity index is 1.42. The van der Waals surface area contributed by atoms with Crippen LogP contribution >= 0.6 is 23.2 Å². The van der Waals surface area contributed by atoms with Crippen molar-refractivity contribution in [3.05, 3.63) is 99.3 Å². The number of halogens is 3. The van der Waals surface area contributed by atoms with Gasteiger partial charge in [0.05, 0.1) is 17.5 Å². The van der Waals surface area contributed by atoms with E-state index in [0.29, 0.717) is 23.1 Å². The van der Waals surface area contributed by atoms with E-state index in [-0.39, 0.29) is 29.0 Å². The summed E-state index contributed by atoms with van der Waals surface area (Å²) in [5, 5.41) is 6.09. The number of carbonyl (C=O) groups is 2. The number of hydrogen-bond donors (Lipinski definition) is 3. The molecular formula is C28H29Cl2FN4O4S. The molecule has 212 valence electrons. The van der Waals surface area contributed by atoms with E-state index in [1.54, 1.807) is 0 Å². The first kappa shape index (κ1) is 29.8. The topological polar surface area (TPSA) is 108 Å². The average Bonchev–Trinajstić information content (AvgIpc) is 2.88. The van der Waals surface area contributed by atoms with Gasteiger partial charge >= 0.3 is 0 Å². The summed E-state index contributed by atoms with van der Waals surface area (Å²) in [5.41, 5.74) is 1.84. The van der Waals surface area contributed by atoms with Crippen molar-refractivity contribution >= 4 is 50.7 Å². The van der Waals surface area contributed by atoms with E-state index in [1.165, 1.54) is 20.0 Å². The van der Waals surface area contributed by atoms with Crippen LogP contribution in [0, 0.1) is 11.7 Å². The molecule has 0 saturated carbocycles. The fraction of sp³-hybridized carbons (Fsp3) is 0.286. The predicted octanol–water partition coefficient (Wildman–Crippen LogP) is 4.46. The van der Waals surface area contributed by atoms with Gasteiger partial charge in [-0.15, -0.1) is 0 Å². The standard InChI is InChI=1S/C28H29Cl2FN4O4S/c1-17(27(36)32-2)33-28(37)21-11-24(31)13-25(12-21)34-40(38,39)16-18-14-35(15-18)26(19-3-7-22(29)8-4-19)20-5-9-23(30)10-6-20/h3-13,17-18,26,34H,14-16H2,1-2H3,(H,32,36)(H,33,37). The van der Waals surface area contributed by atoms with Crippen LogP contribution in [0.5, 0.6) is 0 Å². The maximum absolute atomic E-state index is 14.3. The molecule has 0 spiro atoms. The van der Waals surface area contributed by atoms with Gasteiger partial charge in [0, 0.05) is 41.7 Å². The molecule has 2 amide bonds. The Bertz CT molecular complexity index is 1440. The van der Waals surface area contributed by atoms with Crippen LogP contribution in [0.4, 0.5) is 10.1 Å². The van der Waals surface area contributed by atoms with Gasteiger partial charge in [0.2, 0.25) is 15.9 Å². The number of sulfonamides is 1. The van der Waals surface area contributed by atoms with Gasteiger partial charge in [-0.05, 0) is 60.5 Å². The third kappa shape index (κ3) is 7.51. The van der Waals surface area contributed by atoms with E-state index in [2.05, 4.69) is 20.3 Å². The van der Waals surface area contributed by atoms with E-state index in [4.69, 9.17) is 23.2 Å². The number of carbonyl (C=O) groups excluding carboxylic acids is 2. The summed E-state index contributed by atoms with van der Waals surface area (Å²) in [6.45, 7) is 2.52. The SMILES string of the molecule is CNC(=O)C(C)NC(=O)c1cc(F)cc(NS(=O)(=O)CC2CN(C(c3ccc(Cl)cc3)c3ccc(Cl)cc3)C2)c1. The summed E-state index contributed by atoms with van der Waals surface area (Å²) in [5.74, 6) is -2.26. The first-order valence-electron chi connectivity index (χ1n) is 12.5. The zero-order chi connectivity index (χ0) is 29.0. The molecule has 3 aromatic rings. The number of benzene rings is 3. The first-order chi connectivity index (χ1) is 18.9. The van der Waals surface area contributed by atoms with Crippen LogP contribution in [0.15, 0.2) is 66.7 Å². The van der Waals surface area contributed by atoms with E-state index >= 15 is 0 Å². The Hall–Kier alpha value is -3.18. The summed E-state index contributed by atoms with van der Waals surface area (Å²) >= 11 is 12.2. The van der Waals surface area contributed by atoms with E-state index < -0.39 is 33.7 Å². The van der Waals surface area contributed by atoms with Crippen molar-refractivity contribution in [1.82, 2.24) is 15.5 Å². The smallest absolute Gasteiger partial charge is 0.252 e. The lowest BCUT2D eigenvalue weighted by atomic mass is 9.91. The van der Waals surface area contributed by atoms with Gasteiger partial charge in [-0.25, -0.2) is 12.8 Å². The minimum atomic E-state index is -3.86. The number of nitrogens with one attached hydrogen (secondary N) is 3. The van der Waals surface area contributed by atoms with Crippen LogP contribution < -0.4 is 15.4 Å². The van der Waals surface area contributed by atoms with Gasteiger partial charge in [0.25, 0.3) is 5.91 Å². The van der Waals surface area contributed by atoms with Crippen molar-refractivity contribution < 1.29 is 22.4 Å². The Morgan fingerprint density at radius 3 is 2.05 bits per heavy atom. The summed E-state index contributed by atoms with van der Waals surface area (Å²) in [7, 11) is -2.43. The van der Waals surface area contributed by atoms with Gasteiger partial charge < -0.3 is 10.6 Å². The van der Waals surface area contributed by atoms with Crippen molar-refractivity contribution in [1.29, 1.82) is 0 Å². The molecule has 1 atom stereocenters. The van der Waals surface area contributed by atoms with Crippen LogP contribution in [0.2, 0.25) is 10.0 Å². The predicted molar refractivity (Wildman–Crippen MR) is 155 cm³/mol. The van der Waals surface area contributed by atoms with Crippen molar-refractivity contribution in [2.75, 3.05) is 30.6 Å². The molecular weight excluding hydrogens is 578 g/mol. The van der Waals surface area contributed by atoms with E-state index in [9.17, 15) is 22.4 Å². The molecule has 3 N–H and O–H groups in total. The van der Waals surface area contributed by atoms with Crippen molar-refractivity contribution in [3.8, 4) is 0 Å². The fourth-order valence-electron chi connectivity index (χ4n) is 4.70. The molecule has 1 aliphatic heterocycles. The number of likely N-dealkylation sites (N-methyl/N-ethyl adjacent to an activating group) is 1. The van der Waals surface area contributed by atoms with E-state index in [0.717, 1.165) is 23.3 Å². The zero-order valence-electron chi connectivity index (χ0n) is 21.8. The Morgan fingerprint density at radius 2 is 1.52 bits per heavy atom. The molecule has 1 aliphatic rings. The second-order valence-electron chi connectivity index (χ2n) is 9.75. The number of anilines is 1. The molecule has 1 heterocycles. The molecule has 1 saturated heterocycles. The van der Waals surface area contributed by atoms with Gasteiger partial charge in [0.1, 0.15) is 11.9 Å². The van der Waals surface area contributed by atoms with Crippen molar-refractivity contribution in [3.63, 3.8) is 0 Å². The second-order valence-corrected chi connectivity index (χ2v) is 12.4. The summed E-state index contributed by atoms with van der Waals surface area (Å²) in [6.07, 6.45) is 0. The Labute approximate surface area is 242 Å². The minimum absolute atomic E-state index is 0.0749. The molecule has 1 fully saturated rings. The largest absolute Gasteiger partial charge is 0.357 e. The highest BCUT2D eigenvalue weighted by Crippen LogP contribution is 2.36. The van der Waals surface area contributed by atoms with Gasteiger partial charge in [-0.3, -0.25) is 19.2 Å². The third-order valence-electron chi connectivity index (χ3n) is 6.60. The summed E-state index contributed by atoms with van der Waals surface area (Å²) in [6, 6.07) is 17.3. The van der Waals surface area contributed by atoms with Crippen LogP contribution in [0.3, 0.4) is 0 Å². The highest BCUT2D eigenvalue weighted by atomic mass is 35.5. The number of nitrogens with zero attached hydrogens (tertiary/aromatic N) is 1. The molecule has 3 aromatic carbocycles. The Kier molecular flexibility index (Phi) is 9.35. The summed E-state index contributed by atoms with van der Waals surface area (Å²) in [4.78, 5) is 26.4. The fourth-order valence-corrected chi connectivity index (χ4v) is 6.35. The average molecular weight is 608 g/mol.